The van der Waals surface area contributed by atoms with Crippen LogP contribution < -0.4 is 0 Å². The van der Waals surface area contributed by atoms with Crippen molar-refractivity contribution in [1.29, 1.82) is 0 Å². The quantitative estimate of drug-likeness (QED) is 0.436. The van der Waals surface area contributed by atoms with E-state index < -0.39 is 17.5 Å². The van der Waals surface area contributed by atoms with Crippen molar-refractivity contribution < 1.29 is 19.1 Å². The number of hydrogen-bond donors (Lipinski definition) is 0. The molecule has 1 spiro atoms. The highest BCUT2D eigenvalue weighted by Crippen LogP contribution is 2.46. The van der Waals surface area contributed by atoms with Crippen LogP contribution in [-0.2, 0) is 19.1 Å². The first-order chi connectivity index (χ1) is 14.7. The molecule has 2 aromatic carbocycles. The summed E-state index contributed by atoms with van der Waals surface area (Å²) >= 11 is 6.03. The van der Waals surface area contributed by atoms with Crippen LogP contribution in [0.2, 0.25) is 5.02 Å². The van der Waals surface area contributed by atoms with Crippen molar-refractivity contribution in [3.63, 3.8) is 0 Å². The number of esters is 1. The monoisotopic (exact) mass is 440 g/mol. The fraction of sp³-hybridized carbons (Fsp3) is 0.462. The predicted molar refractivity (Wildman–Crippen MR) is 121 cm³/mol. The summed E-state index contributed by atoms with van der Waals surface area (Å²) in [5.41, 5.74) is 3.59. The zero-order valence-electron chi connectivity index (χ0n) is 18.5. The first-order valence-corrected chi connectivity index (χ1v) is 11.4. The summed E-state index contributed by atoms with van der Waals surface area (Å²) in [4.78, 5) is 26.7. The summed E-state index contributed by atoms with van der Waals surface area (Å²) in [6.45, 7) is 7.84. The second kappa shape index (κ2) is 8.40. The van der Waals surface area contributed by atoms with Crippen molar-refractivity contribution in [3.8, 4) is 11.1 Å². The highest BCUT2D eigenvalue weighted by molar-refractivity contribution is 6.30. The molecule has 1 saturated heterocycles. The van der Waals surface area contributed by atoms with Crippen molar-refractivity contribution in [2.24, 2.45) is 0 Å². The molecule has 31 heavy (non-hydrogen) atoms. The molecular formula is C26H29ClO4. The summed E-state index contributed by atoms with van der Waals surface area (Å²) < 4.78 is 11.9. The van der Waals surface area contributed by atoms with Gasteiger partial charge in [-0.2, -0.15) is 0 Å². The number of carbonyl (C=O) groups excluding carboxylic acids is 2. The highest BCUT2D eigenvalue weighted by atomic mass is 35.5. The van der Waals surface area contributed by atoms with E-state index in [9.17, 15) is 9.59 Å². The van der Waals surface area contributed by atoms with E-state index in [4.69, 9.17) is 21.1 Å². The van der Waals surface area contributed by atoms with Gasteiger partial charge in [0.05, 0.1) is 6.10 Å². The molecule has 4 rings (SSSR count). The van der Waals surface area contributed by atoms with Crippen LogP contribution >= 0.6 is 11.6 Å². The van der Waals surface area contributed by atoms with E-state index in [2.05, 4.69) is 0 Å². The van der Waals surface area contributed by atoms with Crippen LogP contribution in [0.25, 0.3) is 11.1 Å². The van der Waals surface area contributed by atoms with Crippen molar-refractivity contribution in [1.82, 2.24) is 0 Å². The zero-order chi connectivity index (χ0) is 22.3. The lowest BCUT2D eigenvalue weighted by Crippen LogP contribution is -2.52. The van der Waals surface area contributed by atoms with E-state index in [1.54, 1.807) is 0 Å². The Morgan fingerprint density at radius 2 is 1.77 bits per heavy atom. The van der Waals surface area contributed by atoms with Gasteiger partial charge in [0.2, 0.25) is 0 Å². The maximum Gasteiger partial charge on any atom is 0.322 e. The lowest BCUT2D eigenvalue weighted by molar-refractivity contribution is -0.180. The van der Waals surface area contributed by atoms with Crippen molar-refractivity contribution >= 4 is 23.4 Å². The summed E-state index contributed by atoms with van der Waals surface area (Å²) in [6, 6.07) is 11.7. The normalized spacial score (nSPS) is 26.0. The lowest BCUT2D eigenvalue weighted by Gasteiger charge is -2.39. The number of rotatable bonds is 4. The number of aryl methyl sites for hydroxylation is 2. The second-order valence-electron chi connectivity index (χ2n) is 9.06. The Labute approximate surface area is 188 Å². The van der Waals surface area contributed by atoms with Crippen LogP contribution in [0.5, 0.6) is 0 Å². The third kappa shape index (κ3) is 3.92. The van der Waals surface area contributed by atoms with Gasteiger partial charge >= 0.3 is 5.97 Å². The van der Waals surface area contributed by atoms with Crippen LogP contribution in [-0.4, -0.2) is 29.6 Å². The molecule has 1 saturated carbocycles. The maximum atomic E-state index is 13.7. The Morgan fingerprint density at radius 1 is 1.06 bits per heavy atom. The molecule has 0 radical (unpaired) electrons. The Kier molecular flexibility index (Phi) is 5.97. The summed E-state index contributed by atoms with van der Waals surface area (Å²) in [6.07, 6.45) is 2.69. The molecule has 3 atom stereocenters. The van der Waals surface area contributed by atoms with Crippen molar-refractivity contribution in [2.45, 2.75) is 77.1 Å². The minimum absolute atomic E-state index is 0.0341. The van der Waals surface area contributed by atoms with Crippen LogP contribution in [0.3, 0.4) is 0 Å². The maximum absolute atomic E-state index is 13.7. The first kappa shape index (κ1) is 22.0. The number of hydrogen-bond acceptors (Lipinski definition) is 4. The second-order valence-corrected chi connectivity index (χ2v) is 9.49. The number of benzene rings is 2. The van der Waals surface area contributed by atoms with Gasteiger partial charge in [-0.15, -0.1) is 0 Å². The number of ketones is 1. The number of ether oxygens (including phenoxy) is 2. The molecule has 3 unspecified atom stereocenters. The average molecular weight is 441 g/mol. The van der Waals surface area contributed by atoms with Crippen LogP contribution in [0.4, 0.5) is 0 Å². The predicted octanol–water partition coefficient (Wildman–Crippen LogP) is 5.94. The molecule has 1 aliphatic carbocycles. The molecule has 2 fully saturated rings. The third-order valence-electron chi connectivity index (χ3n) is 6.50. The minimum Gasteiger partial charge on any atom is -0.447 e. The Morgan fingerprint density at radius 3 is 2.45 bits per heavy atom. The van der Waals surface area contributed by atoms with Gasteiger partial charge in [0.1, 0.15) is 12.0 Å². The first-order valence-electron chi connectivity index (χ1n) is 11.0. The Bertz CT molecular complexity index is 1010. The summed E-state index contributed by atoms with van der Waals surface area (Å²) in [5, 5.41) is 0.685. The molecule has 5 heteroatoms. The minimum atomic E-state index is -1.15. The molecule has 0 aromatic heterocycles. The number of halogens is 1. The molecule has 4 nitrogen and oxygen atoms in total. The lowest BCUT2D eigenvalue weighted by atomic mass is 9.75. The summed E-state index contributed by atoms with van der Waals surface area (Å²) in [5.74, 6) is -1.50. The van der Waals surface area contributed by atoms with Crippen LogP contribution in [0.1, 0.15) is 62.1 Å². The molecule has 0 amide bonds. The van der Waals surface area contributed by atoms with E-state index in [1.807, 2.05) is 64.1 Å². The smallest absolute Gasteiger partial charge is 0.322 e. The molecule has 2 aromatic rings. The topological polar surface area (TPSA) is 52.6 Å². The number of Topliss-reactive ketones (excluding diaryl/α,β-unsaturated/α-hetero) is 1. The van der Waals surface area contributed by atoms with Gasteiger partial charge in [0, 0.05) is 5.02 Å². The van der Waals surface area contributed by atoms with E-state index in [0.717, 1.165) is 47.1 Å². The van der Waals surface area contributed by atoms with Gasteiger partial charge in [0.15, 0.2) is 11.4 Å². The van der Waals surface area contributed by atoms with Gasteiger partial charge < -0.3 is 9.47 Å². The molecule has 1 heterocycles. The molecule has 0 N–H and O–H groups in total. The van der Waals surface area contributed by atoms with Crippen LogP contribution in [0.15, 0.2) is 36.4 Å². The molecule has 1 aliphatic heterocycles. The van der Waals surface area contributed by atoms with Gasteiger partial charge in [-0.3, -0.25) is 9.59 Å². The molecule has 164 valence electrons. The highest BCUT2D eigenvalue weighted by Gasteiger charge is 2.61. The Hall–Kier alpha value is -2.17. The van der Waals surface area contributed by atoms with Crippen molar-refractivity contribution in [3.05, 3.63) is 58.1 Å². The van der Waals surface area contributed by atoms with Gasteiger partial charge in [-0.05, 0) is 86.9 Å². The standard InChI is InChI=1S/C26H29ClO4/c1-15(2)30-22-7-5-6-12-26(22)24(28)23(25(29)31-26)21-14-16(3)20(13-17(21)4)18-8-10-19(27)11-9-18/h8-11,13-15,22-23H,5-7,12H2,1-4H3. The van der Waals surface area contributed by atoms with Gasteiger partial charge in [-0.25, -0.2) is 0 Å². The van der Waals surface area contributed by atoms with Crippen molar-refractivity contribution in [2.75, 3.05) is 0 Å². The van der Waals surface area contributed by atoms with Gasteiger partial charge in [0.25, 0.3) is 0 Å². The van der Waals surface area contributed by atoms with E-state index in [-0.39, 0.29) is 18.0 Å². The number of carbonyl (C=O) groups is 2. The zero-order valence-corrected chi connectivity index (χ0v) is 19.3. The molecular weight excluding hydrogens is 412 g/mol. The van der Waals surface area contributed by atoms with Gasteiger partial charge in [-0.1, -0.05) is 42.3 Å². The average Bonchev–Trinajstić information content (AvgIpc) is 2.96. The van der Waals surface area contributed by atoms with E-state index >= 15 is 0 Å². The van der Waals surface area contributed by atoms with Crippen LogP contribution in [0, 0.1) is 13.8 Å². The largest absolute Gasteiger partial charge is 0.447 e. The van der Waals surface area contributed by atoms with E-state index in [1.165, 1.54) is 0 Å². The third-order valence-corrected chi connectivity index (χ3v) is 6.75. The molecule has 2 aliphatic rings. The SMILES string of the molecule is Cc1cc(C2C(=O)OC3(CCCCC3OC(C)C)C2=O)c(C)cc1-c1ccc(Cl)cc1. The van der Waals surface area contributed by atoms with E-state index in [0.29, 0.717) is 11.4 Å². The molecule has 0 bridgehead atoms. The Balaban J connectivity index is 1.71. The fourth-order valence-electron chi connectivity index (χ4n) is 5.01. The fourth-order valence-corrected chi connectivity index (χ4v) is 5.14. The summed E-state index contributed by atoms with van der Waals surface area (Å²) in [7, 11) is 0.